The van der Waals surface area contributed by atoms with Crippen LogP contribution in [0.5, 0.6) is 17.5 Å². The van der Waals surface area contributed by atoms with Crippen molar-refractivity contribution < 1.29 is 19.1 Å². The third-order valence-corrected chi connectivity index (χ3v) is 3.72. The number of hydrogen-bond donors (Lipinski definition) is 3. The first-order valence-corrected chi connectivity index (χ1v) is 8.63. The van der Waals surface area contributed by atoms with E-state index in [0.717, 1.165) is 6.08 Å². The van der Waals surface area contributed by atoms with Gasteiger partial charge in [-0.2, -0.15) is 4.98 Å². The van der Waals surface area contributed by atoms with E-state index in [-0.39, 0.29) is 23.3 Å². The molecule has 3 rings (SSSR count). The smallest absolute Gasteiger partial charge is 0.255 e. The van der Waals surface area contributed by atoms with Crippen LogP contribution < -0.4 is 25.8 Å². The third-order valence-electron chi connectivity index (χ3n) is 3.72. The number of nitrogens with one attached hydrogen (secondary N) is 2. The Labute approximate surface area is 171 Å². The molecule has 0 saturated carbocycles. The van der Waals surface area contributed by atoms with Gasteiger partial charge in [0.05, 0.1) is 19.0 Å². The summed E-state index contributed by atoms with van der Waals surface area (Å²) in [7, 11) is 1.52. The standard InChI is InChI=1S/C20H18N6O4/c1-3-16(27)24-12-5-4-6-14(9-12)30-19-15(18(21)28)11-23-20(26-19)25-13-7-8-17(29-2)22-10-13/h3-11H,1H2,2H3,(H2,21,28)(H,24,27)(H,23,25,26). The van der Waals surface area contributed by atoms with E-state index < -0.39 is 5.91 Å². The van der Waals surface area contributed by atoms with Crippen molar-refractivity contribution in [2.45, 2.75) is 0 Å². The second-order valence-electron chi connectivity index (χ2n) is 5.81. The Kier molecular flexibility index (Phi) is 6.18. The fourth-order valence-corrected chi connectivity index (χ4v) is 2.32. The summed E-state index contributed by atoms with van der Waals surface area (Å²) in [4.78, 5) is 35.6. The van der Waals surface area contributed by atoms with Crippen LogP contribution in [-0.2, 0) is 4.79 Å². The van der Waals surface area contributed by atoms with Crippen molar-refractivity contribution in [2.75, 3.05) is 17.7 Å². The van der Waals surface area contributed by atoms with Crippen LogP contribution in [0.15, 0.2) is 61.4 Å². The minimum absolute atomic E-state index is 0.00561. The van der Waals surface area contributed by atoms with Gasteiger partial charge in [-0.05, 0) is 24.3 Å². The molecular formula is C20H18N6O4. The van der Waals surface area contributed by atoms with Crippen LogP contribution >= 0.6 is 0 Å². The van der Waals surface area contributed by atoms with Gasteiger partial charge in [0.15, 0.2) is 0 Å². The number of primary amides is 1. The van der Waals surface area contributed by atoms with Gasteiger partial charge < -0.3 is 25.8 Å². The van der Waals surface area contributed by atoms with E-state index in [1.54, 1.807) is 36.4 Å². The largest absolute Gasteiger partial charge is 0.481 e. The van der Waals surface area contributed by atoms with Crippen molar-refractivity contribution in [1.29, 1.82) is 0 Å². The maximum absolute atomic E-state index is 11.8. The lowest BCUT2D eigenvalue weighted by molar-refractivity contribution is -0.111. The molecular weight excluding hydrogens is 388 g/mol. The van der Waals surface area contributed by atoms with Gasteiger partial charge in [0.2, 0.25) is 23.6 Å². The first kappa shape index (κ1) is 20.3. The molecule has 0 saturated heterocycles. The zero-order chi connectivity index (χ0) is 21.5. The number of pyridine rings is 1. The number of aromatic nitrogens is 3. The molecule has 10 heteroatoms. The predicted octanol–water partition coefficient (Wildman–Crippen LogP) is 2.64. The van der Waals surface area contributed by atoms with E-state index >= 15 is 0 Å². The van der Waals surface area contributed by atoms with Crippen molar-refractivity contribution in [1.82, 2.24) is 15.0 Å². The number of ether oxygens (including phenoxy) is 2. The first-order chi connectivity index (χ1) is 14.5. The van der Waals surface area contributed by atoms with Gasteiger partial charge in [-0.25, -0.2) is 9.97 Å². The monoisotopic (exact) mass is 406 g/mol. The minimum atomic E-state index is -0.751. The molecule has 10 nitrogen and oxygen atoms in total. The van der Waals surface area contributed by atoms with E-state index in [4.69, 9.17) is 15.2 Å². The highest BCUT2D eigenvalue weighted by Gasteiger charge is 2.15. The van der Waals surface area contributed by atoms with Gasteiger partial charge in [0.25, 0.3) is 5.91 Å². The molecule has 0 bridgehead atoms. The molecule has 0 unspecified atom stereocenters. The summed E-state index contributed by atoms with van der Waals surface area (Å²) >= 11 is 0. The molecule has 2 heterocycles. The molecule has 4 N–H and O–H groups in total. The van der Waals surface area contributed by atoms with Crippen molar-refractivity contribution in [2.24, 2.45) is 5.73 Å². The normalized spacial score (nSPS) is 10.0. The highest BCUT2D eigenvalue weighted by Crippen LogP contribution is 2.27. The summed E-state index contributed by atoms with van der Waals surface area (Å²) in [5.74, 6) is -0.217. The van der Waals surface area contributed by atoms with Crippen molar-refractivity contribution in [3.05, 3.63) is 67.0 Å². The Morgan fingerprint density at radius 2 is 1.97 bits per heavy atom. The number of carbonyl (C=O) groups excluding carboxylic acids is 2. The molecule has 0 spiro atoms. The second-order valence-corrected chi connectivity index (χ2v) is 5.81. The van der Waals surface area contributed by atoms with Crippen LogP contribution in [0.25, 0.3) is 0 Å². The zero-order valence-corrected chi connectivity index (χ0v) is 16.0. The molecule has 0 radical (unpaired) electrons. The zero-order valence-electron chi connectivity index (χ0n) is 16.0. The highest BCUT2D eigenvalue weighted by molar-refractivity contribution is 5.99. The number of anilines is 3. The third kappa shape index (κ3) is 5.07. The van der Waals surface area contributed by atoms with Crippen LogP contribution in [0.3, 0.4) is 0 Å². The van der Waals surface area contributed by atoms with Crippen LogP contribution in [0.4, 0.5) is 17.3 Å². The Bertz CT molecular complexity index is 1080. The predicted molar refractivity (Wildman–Crippen MR) is 110 cm³/mol. The molecule has 0 aliphatic carbocycles. The van der Waals surface area contributed by atoms with Crippen LogP contribution in [0.1, 0.15) is 10.4 Å². The van der Waals surface area contributed by atoms with Gasteiger partial charge in [-0.1, -0.05) is 12.6 Å². The van der Waals surface area contributed by atoms with Crippen molar-refractivity contribution in [3.8, 4) is 17.5 Å². The number of carbonyl (C=O) groups is 2. The summed E-state index contributed by atoms with van der Waals surface area (Å²) in [6.07, 6.45) is 3.94. The molecule has 1 aromatic carbocycles. The van der Waals surface area contributed by atoms with Crippen LogP contribution in [0, 0.1) is 0 Å². The molecule has 2 aromatic heterocycles. The Balaban J connectivity index is 1.86. The van der Waals surface area contributed by atoms with Gasteiger partial charge in [0.1, 0.15) is 11.3 Å². The molecule has 0 fully saturated rings. The lowest BCUT2D eigenvalue weighted by Gasteiger charge is -2.11. The average molecular weight is 406 g/mol. The maximum Gasteiger partial charge on any atom is 0.255 e. The van der Waals surface area contributed by atoms with Gasteiger partial charge in [-0.15, -0.1) is 0 Å². The lowest BCUT2D eigenvalue weighted by Crippen LogP contribution is -2.14. The Hall–Kier alpha value is -4.47. The molecule has 0 atom stereocenters. The fourth-order valence-electron chi connectivity index (χ4n) is 2.32. The molecule has 0 aliphatic rings. The summed E-state index contributed by atoms with van der Waals surface area (Å²) in [6.45, 7) is 3.40. The lowest BCUT2D eigenvalue weighted by atomic mass is 10.3. The van der Waals surface area contributed by atoms with E-state index in [2.05, 4.69) is 32.2 Å². The highest BCUT2D eigenvalue weighted by atomic mass is 16.5. The van der Waals surface area contributed by atoms with Gasteiger partial charge in [0, 0.05) is 24.0 Å². The number of nitrogens with two attached hydrogens (primary N) is 1. The summed E-state index contributed by atoms with van der Waals surface area (Å²) in [6, 6.07) is 9.93. The summed E-state index contributed by atoms with van der Waals surface area (Å²) in [5.41, 5.74) is 6.48. The van der Waals surface area contributed by atoms with Crippen molar-refractivity contribution in [3.63, 3.8) is 0 Å². The molecule has 152 valence electrons. The van der Waals surface area contributed by atoms with E-state index in [1.807, 2.05) is 0 Å². The Morgan fingerprint density at radius 3 is 2.63 bits per heavy atom. The van der Waals surface area contributed by atoms with Crippen LogP contribution in [-0.4, -0.2) is 33.9 Å². The van der Waals surface area contributed by atoms with E-state index in [9.17, 15) is 9.59 Å². The van der Waals surface area contributed by atoms with Crippen LogP contribution in [0.2, 0.25) is 0 Å². The Morgan fingerprint density at radius 1 is 1.13 bits per heavy atom. The number of amides is 2. The molecule has 2 amide bonds. The number of benzene rings is 1. The maximum atomic E-state index is 11.8. The molecule has 3 aromatic rings. The van der Waals surface area contributed by atoms with Gasteiger partial charge >= 0.3 is 0 Å². The fraction of sp³-hybridized carbons (Fsp3) is 0.0500. The second kappa shape index (κ2) is 9.15. The first-order valence-electron chi connectivity index (χ1n) is 8.63. The number of methoxy groups -OCH3 is 1. The average Bonchev–Trinajstić information content (AvgIpc) is 2.74. The topological polar surface area (TPSA) is 141 Å². The molecule has 30 heavy (non-hydrogen) atoms. The quantitative estimate of drug-likeness (QED) is 0.485. The number of nitrogens with zero attached hydrogens (tertiary/aromatic N) is 3. The number of rotatable bonds is 8. The molecule has 0 aliphatic heterocycles. The number of hydrogen-bond acceptors (Lipinski definition) is 8. The van der Waals surface area contributed by atoms with E-state index in [0.29, 0.717) is 23.0 Å². The summed E-state index contributed by atoms with van der Waals surface area (Å²) in [5, 5.41) is 5.57. The van der Waals surface area contributed by atoms with E-state index in [1.165, 1.54) is 19.5 Å². The SMILES string of the molecule is C=CC(=O)Nc1cccc(Oc2nc(Nc3ccc(OC)nc3)ncc2C(N)=O)c1. The summed E-state index contributed by atoms with van der Waals surface area (Å²) < 4.78 is 10.8. The van der Waals surface area contributed by atoms with Gasteiger partial charge in [-0.3, -0.25) is 9.59 Å². The van der Waals surface area contributed by atoms with Crippen molar-refractivity contribution >= 4 is 29.1 Å². The minimum Gasteiger partial charge on any atom is -0.481 e.